The molecule has 2 saturated carbocycles. The average Bonchev–Trinajstić information content (AvgIpc) is 3.49. The largest absolute Gasteiger partial charge is 0.496 e. The molecule has 8 heteroatoms. The van der Waals surface area contributed by atoms with Gasteiger partial charge in [-0.25, -0.2) is 4.99 Å². The maximum atomic E-state index is 5.48. The number of fused-ring (bicyclic) bond motifs is 2. The molecule has 7 nitrogen and oxygen atoms in total. The van der Waals surface area contributed by atoms with Gasteiger partial charge in [0.15, 0.2) is 5.96 Å². The van der Waals surface area contributed by atoms with E-state index in [9.17, 15) is 0 Å². The summed E-state index contributed by atoms with van der Waals surface area (Å²) in [6.07, 6.45) is 8.08. The van der Waals surface area contributed by atoms with Crippen LogP contribution in [0.4, 0.5) is 0 Å². The highest BCUT2D eigenvalue weighted by atomic mass is 127. The van der Waals surface area contributed by atoms with Crippen LogP contribution in [0.15, 0.2) is 35.6 Å². The number of hydrogen-bond donors (Lipinski definition) is 2. The minimum absolute atomic E-state index is 0. The Morgan fingerprint density at radius 2 is 2.13 bits per heavy atom. The Bertz CT molecular complexity index is 839. The molecule has 2 aliphatic rings. The second-order valence-corrected chi connectivity index (χ2v) is 8.12. The highest BCUT2D eigenvalue weighted by Crippen LogP contribution is 2.44. The van der Waals surface area contributed by atoms with Crippen LogP contribution in [0.25, 0.3) is 0 Å². The number of benzene rings is 1. The van der Waals surface area contributed by atoms with Crippen LogP contribution in [0.2, 0.25) is 0 Å². The number of aromatic nitrogens is 3. The fraction of sp³-hybridized carbons (Fsp3) is 0.591. The van der Waals surface area contributed by atoms with E-state index in [0.29, 0.717) is 12.6 Å². The van der Waals surface area contributed by atoms with Crippen LogP contribution in [-0.4, -0.2) is 40.4 Å². The van der Waals surface area contributed by atoms with E-state index in [-0.39, 0.29) is 24.0 Å². The lowest BCUT2D eigenvalue weighted by Gasteiger charge is -2.25. The number of hydrogen-bond acceptors (Lipinski definition) is 4. The highest BCUT2D eigenvalue weighted by Gasteiger charge is 2.39. The molecule has 0 amide bonds. The third-order valence-electron chi connectivity index (χ3n) is 6.32. The molecule has 0 saturated heterocycles. The van der Waals surface area contributed by atoms with E-state index in [1.165, 1.54) is 25.7 Å². The molecule has 3 unspecified atom stereocenters. The van der Waals surface area contributed by atoms with E-state index >= 15 is 0 Å². The van der Waals surface area contributed by atoms with Gasteiger partial charge in [-0.05, 0) is 37.2 Å². The van der Waals surface area contributed by atoms with Gasteiger partial charge in [0.05, 0.1) is 13.7 Å². The predicted molar refractivity (Wildman–Crippen MR) is 129 cm³/mol. The lowest BCUT2D eigenvalue weighted by atomic mass is 9.95. The van der Waals surface area contributed by atoms with E-state index in [1.54, 1.807) is 13.4 Å². The van der Waals surface area contributed by atoms with Gasteiger partial charge >= 0.3 is 0 Å². The van der Waals surface area contributed by atoms with Crippen LogP contribution in [0.5, 0.6) is 5.75 Å². The summed E-state index contributed by atoms with van der Waals surface area (Å²) in [5.74, 6) is 4.48. The Labute approximate surface area is 196 Å². The van der Waals surface area contributed by atoms with Crippen LogP contribution in [0.3, 0.4) is 0 Å². The zero-order valence-corrected chi connectivity index (χ0v) is 20.2. The molecule has 0 spiro atoms. The number of aryl methyl sites for hydroxylation is 1. The molecule has 1 heterocycles. The third kappa shape index (κ3) is 5.44. The van der Waals surface area contributed by atoms with Crippen molar-refractivity contribution < 1.29 is 4.74 Å². The lowest BCUT2D eigenvalue weighted by Crippen LogP contribution is -2.46. The van der Waals surface area contributed by atoms with Crippen molar-refractivity contribution in [3.63, 3.8) is 0 Å². The van der Waals surface area contributed by atoms with Crippen molar-refractivity contribution in [2.75, 3.05) is 13.7 Å². The van der Waals surface area contributed by atoms with Crippen molar-refractivity contribution >= 4 is 29.9 Å². The van der Waals surface area contributed by atoms with E-state index in [4.69, 9.17) is 9.73 Å². The average molecular weight is 524 g/mol. The lowest BCUT2D eigenvalue weighted by molar-refractivity contribution is 0.386. The maximum Gasteiger partial charge on any atom is 0.191 e. The van der Waals surface area contributed by atoms with Gasteiger partial charge < -0.3 is 19.9 Å². The Balaban J connectivity index is 0.00000256. The molecule has 2 N–H and O–H groups in total. The quantitative estimate of drug-likeness (QED) is 0.315. The number of guanidine groups is 1. The fourth-order valence-corrected chi connectivity index (χ4v) is 4.78. The molecule has 1 aromatic carbocycles. The Morgan fingerprint density at radius 1 is 1.27 bits per heavy atom. The minimum Gasteiger partial charge on any atom is -0.496 e. The minimum atomic E-state index is 0. The molecular weight excluding hydrogens is 491 g/mol. The van der Waals surface area contributed by atoms with Crippen molar-refractivity contribution in [2.45, 2.75) is 58.2 Å². The third-order valence-corrected chi connectivity index (χ3v) is 6.32. The number of nitrogens with one attached hydrogen (secondary N) is 2. The standard InChI is InChI=1S/C22H32N6O.HI/c1-3-21-27-25-15-28(21)11-10-23-22(26-19-13-16-8-9-17(19)12-16)24-14-18-6-4-5-7-20(18)29-2;/h4-7,15-17,19H,3,8-14H2,1-2H3,(H2,23,24,26);1H. The van der Waals surface area contributed by atoms with E-state index < -0.39 is 0 Å². The summed E-state index contributed by atoms with van der Waals surface area (Å²) in [6.45, 7) is 4.30. The molecule has 2 fully saturated rings. The van der Waals surface area contributed by atoms with Gasteiger partial charge in [-0.2, -0.15) is 0 Å². The zero-order chi connectivity index (χ0) is 20.1. The number of methoxy groups -OCH3 is 1. The smallest absolute Gasteiger partial charge is 0.191 e. The molecule has 2 aliphatic carbocycles. The second kappa shape index (κ2) is 11.0. The van der Waals surface area contributed by atoms with Gasteiger partial charge in [0.2, 0.25) is 0 Å². The molecule has 164 valence electrons. The fourth-order valence-electron chi connectivity index (χ4n) is 4.78. The number of ether oxygens (including phenoxy) is 1. The molecular formula is C22H33IN6O. The summed E-state index contributed by atoms with van der Waals surface area (Å²) >= 11 is 0. The molecule has 0 aliphatic heterocycles. The SMILES string of the molecule is CCc1nncn1CCNC(=NCc1ccccc1OC)NC1CC2CCC1C2.I. The molecule has 3 atom stereocenters. The molecule has 30 heavy (non-hydrogen) atoms. The molecule has 0 radical (unpaired) electrons. The number of rotatable bonds is 8. The molecule has 4 rings (SSSR count). The topological polar surface area (TPSA) is 76.4 Å². The summed E-state index contributed by atoms with van der Waals surface area (Å²) in [7, 11) is 1.71. The van der Waals surface area contributed by atoms with Gasteiger partial charge in [0, 0.05) is 31.1 Å². The maximum absolute atomic E-state index is 5.48. The normalized spacial score (nSPS) is 22.6. The summed E-state index contributed by atoms with van der Waals surface area (Å²) in [6, 6.07) is 8.62. The number of para-hydroxylation sites is 1. The Hall–Kier alpha value is -1.84. The van der Waals surface area contributed by atoms with Crippen LogP contribution < -0.4 is 15.4 Å². The van der Waals surface area contributed by atoms with Gasteiger partial charge in [-0.3, -0.25) is 0 Å². The second-order valence-electron chi connectivity index (χ2n) is 8.12. The van der Waals surface area contributed by atoms with E-state index in [1.807, 2.05) is 18.2 Å². The van der Waals surface area contributed by atoms with Gasteiger partial charge in [0.1, 0.15) is 17.9 Å². The molecule has 1 aromatic heterocycles. The monoisotopic (exact) mass is 524 g/mol. The first-order valence-electron chi connectivity index (χ1n) is 10.8. The van der Waals surface area contributed by atoms with Gasteiger partial charge in [-0.1, -0.05) is 31.5 Å². The summed E-state index contributed by atoms with van der Waals surface area (Å²) in [4.78, 5) is 4.88. The first-order valence-corrected chi connectivity index (χ1v) is 10.8. The van der Waals surface area contributed by atoms with Crippen molar-refractivity contribution in [3.05, 3.63) is 42.0 Å². The number of aliphatic imine (C=N–C) groups is 1. The van der Waals surface area contributed by atoms with Crippen molar-refractivity contribution in [3.8, 4) is 5.75 Å². The zero-order valence-electron chi connectivity index (χ0n) is 17.9. The van der Waals surface area contributed by atoms with Crippen LogP contribution in [0.1, 0.15) is 44.0 Å². The van der Waals surface area contributed by atoms with Crippen LogP contribution >= 0.6 is 24.0 Å². The van der Waals surface area contributed by atoms with Gasteiger partial charge in [-0.15, -0.1) is 34.2 Å². The Morgan fingerprint density at radius 3 is 2.87 bits per heavy atom. The van der Waals surface area contributed by atoms with E-state index in [0.717, 1.165) is 54.4 Å². The van der Waals surface area contributed by atoms with Crippen LogP contribution in [-0.2, 0) is 19.5 Å². The van der Waals surface area contributed by atoms with E-state index in [2.05, 4.69) is 38.4 Å². The first-order chi connectivity index (χ1) is 14.3. The Kier molecular flexibility index (Phi) is 8.35. The molecule has 2 aromatic rings. The van der Waals surface area contributed by atoms with Crippen LogP contribution in [0, 0.1) is 11.8 Å². The predicted octanol–water partition coefficient (Wildman–Crippen LogP) is 3.39. The highest BCUT2D eigenvalue weighted by molar-refractivity contribution is 14.0. The van der Waals surface area contributed by atoms with Crippen molar-refractivity contribution in [1.29, 1.82) is 0 Å². The summed E-state index contributed by atoms with van der Waals surface area (Å²) in [5, 5.41) is 15.4. The number of nitrogens with zero attached hydrogens (tertiary/aromatic N) is 4. The summed E-state index contributed by atoms with van der Waals surface area (Å²) < 4.78 is 7.58. The first kappa shape index (κ1) is 22.8. The number of halogens is 1. The summed E-state index contributed by atoms with van der Waals surface area (Å²) in [5.41, 5.74) is 1.09. The molecule has 2 bridgehead atoms. The van der Waals surface area contributed by atoms with Crippen molar-refractivity contribution in [1.82, 2.24) is 25.4 Å². The van der Waals surface area contributed by atoms with Crippen molar-refractivity contribution in [2.24, 2.45) is 16.8 Å². The van der Waals surface area contributed by atoms with Gasteiger partial charge in [0.25, 0.3) is 0 Å².